The number of aromatic carboxylic acids is 1. The quantitative estimate of drug-likeness (QED) is 0.345. The van der Waals surface area contributed by atoms with Gasteiger partial charge in [0.05, 0.1) is 22.3 Å². The molecule has 0 saturated carbocycles. The van der Waals surface area contributed by atoms with Crippen LogP contribution in [-0.2, 0) is 18.5 Å². The van der Waals surface area contributed by atoms with Crippen molar-refractivity contribution >= 4 is 27.5 Å². The molecule has 1 N–H and O–H groups in total. The van der Waals surface area contributed by atoms with E-state index in [-0.39, 0.29) is 12.1 Å². The summed E-state index contributed by atoms with van der Waals surface area (Å²) in [4.78, 5) is 11.4. The standard InChI is InChI=1S/C18H7F9O2/c19-16(20,21)8-1-2-10-11(5-8)14-7(4-12(10)15(28)29)3-9(17(22,23)24)6-13(14)18(25,26)27/h1-6H,(H,28,29). The molecule has 11 heteroatoms. The lowest BCUT2D eigenvalue weighted by molar-refractivity contribution is -0.142. The van der Waals surface area contributed by atoms with Crippen LogP contribution in [0.3, 0.4) is 0 Å². The minimum Gasteiger partial charge on any atom is -0.478 e. The molecular weight excluding hydrogens is 419 g/mol. The maximum Gasteiger partial charge on any atom is 0.417 e. The van der Waals surface area contributed by atoms with Gasteiger partial charge in [-0.15, -0.1) is 0 Å². The summed E-state index contributed by atoms with van der Waals surface area (Å²) in [7, 11) is 0. The summed E-state index contributed by atoms with van der Waals surface area (Å²) in [5, 5.41) is 6.28. The van der Waals surface area contributed by atoms with E-state index in [1.54, 1.807) is 0 Å². The van der Waals surface area contributed by atoms with Crippen molar-refractivity contribution in [3.8, 4) is 0 Å². The Labute approximate surface area is 155 Å². The molecule has 0 spiro atoms. The highest BCUT2D eigenvalue weighted by Gasteiger charge is 2.39. The molecule has 2 nitrogen and oxygen atoms in total. The van der Waals surface area contributed by atoms with Crippen molar-refractivity contribution in [2.75, 3.05) is 0 Å². The Balaban J connectivity index is 2.62. The summed E-state index contributed by atoms with van der Waals surface area (Å²) in [5.74, 6) is -1.72. The fourth-order valence-electron chi connectivity index (χ4n) is 3.04. The van der Waals surface area contributed by atoms with Gasteiger partial charge in [0.25, 0.3) is 0 Å². The molecule has 0 aliphatic carbocycles. The summed E-state index contributed by atoms with van der Waals surface area (Å²) >= 11 is 0. The highest BCUT2D eigenvalue weighted by molar-refractivity contribution is 6.17. The van der Waals surface area contributed by atoms with E-state index in [0.29, 0.717) is 24.3 Å². The molecular formula is C18H7F9O2. The number of rotatable bonds is 1. The highest BCUT2D eigenvalue weighted by Crippen LogP contribution is 2.44. The van der Waals surface area contributed by atoms with Crippen LogP contribution in [0.15, 0.2) is 36.4 Å². The van der Waals surface area contributed by atoms with Gasteiger partial charge in [-0.3, -0.25) is 0 Å². The number of halogens is 9. The predicted octanol–water partition coefficient (Wildman–Crippen LogP) is 6.75. The number of alkyl halides is 9. The van der Waals surface area contributed by atoms with Gasteiger partial charge in [-0.05, 0) is 46.5 Å². The number of fused-ring (bicyclic) bond motifs is 3. The largest absolute Gasteiger partial charge is 0.478 e. The molecule has 0 amide bonds. The van der Waals surface area contributed by atoms with E-state index >= 15 is 0 Å². The average molecular weight is 426 g/mol. The van der Waals surface area contributed by atoms with Crippen LogP contribution in [0.25, 0.3) is 21.5 Å². The van der Waals surface area contributed by atoms with Crippen LogP contribution in [0.5, 0.6) is 0 Å². The van der Waals surface area contributed by atoms with Crippen LogP contribution in [0.2, 0.25) is 0 Å². The molecule has 3 aromatic carbocycles. The minimum absolute atomic E-state index is 0.206. The summed E-state index contributed by atoms with van der Waals surface area (Å²) in [6, 6.07) is 2.11. The van der Waals surface area contributed by atoms with Crippen LogP contribution in [-0.4, -0.2) is 11.1 Å². The lowest BCUT2D eigenvalue weighted by atomic mass is 9.91. The summed E-state index contributed by atoms with van der Waals surface area (Å²) in [6.45, 7) is 0. The summed E-state index contributed by atoms with van der Waals surface area (Å²) in [6.07, 6.45) is -15.5. The lowest BCUT2D eigenvalue weighted by Crippen LogP contribution is -2.12. The van der Waals surface area contributed by atoms with Gasteiger partial charge in [0.15, 0.2) is 0 Å². The van der Waals surface area contributed by atoms with E-state index in [0.717, 1.165) is 0 Å². The Morgan fingerprint density at radius 3 is 1.76 bits per heavy atom. The van der Waals surface area contributed by atoms with Crippen molar-refractivity contribution in [1.82, 2.24) is 0 Å². The Bertz CT molecular complexity index is 1140. The third kappa shape index (κ3) is 3.68. The lowest BCUT2D eigenvalue weighted by Gasteiger charge is -2.18. The van der Waals surface area contributed by atoms with Gasteiger partial charge < -0.3 is 5.11 Å². The van der Waals surface area contributed by atoms with Gasteiger partial charge in [-0.2, -0.15) is 39.5 Å². The monoisotopic (exact) mass is 426 g/mol. The Kier molecular flexibility index (Phi) is 4.48. The van der Waals surface area contributed by atoms with Gasteiger partial charge in [-0.25, -0.2) is 4.79 Å². The Hall–Kier alpha value is -2.98. The molecule has 0 heterocycles. The van der Waals surface area contributed by atoms with Crippen LogP contribution in [0, 0.1) is 0 Å². The Morgan fingerprint density at radius 2 is 1.28 bits per heavy atom. The third-order valence-corrected chi connectivity index (χ3v) is 4.24. The normalized spacial score (nSPS) is 13.3. The molecule has 29 heavy (non-hydrogen) atoms. The second kappa shape index (κ2) is 6.26. The fraction of sp³-hybridized carbons (Fsp3) is 0.167. The number of carboxylic acids is 1. The average Bonchev–Trinajstić information content (AvgIpc) is 2.56. The van der Waals surface area contributed by atoms with Crippen molar-refractivity contribution in [2.45, 2.75) is 18.5 Å². The third-order valence-electron chi connectivity index (χ3n) is 4.24. The van der Waals surface area contributed by atoms with Crippen molar-refractivity contribution in [2.24, 2.45) is 0 Å². The topological polar surface area (TPSA) is 37.3 Å². The molecule has 0 atom stereocenters. The molecule has 154 valence electrons. The molecule has 3 rings (SSSR count). The van der Waals surface area contributed by atoms with Crippen molar-refractivity contribution in [3.05, 3.63) is 58.7 Å². The molecule has 3 aromatic rings. The summed E-state index contributed by atoms with van der Waals surface area (Å²) < 4.78 is 119. The van der Waals surface area contributed by atoms with Crippen molar-refractivity contribution in [1.29, 1.82) is 0 Å². The number of hydrogen-bond acceptors (Lipinski definition) is 1. The zero-order valence-electron chi connectivity index (χ0n) is 13.7. The van der Waals surface area contributed by atoms with Gasteiger partial charge in [0, 0.05) is 5.39 Å². The van der Waals surface area contributed by atoms with E-state index in [1.807, 2.05) is 0 Å². The first kappa shape index (κ1) is 20.7. The first-order valence-corrected chi connectivity index (χ1v) is 7.60. The molecule has 0 radical (unpaired) electrons. The first-order chi connectivity index (χ1) is 13.1. The molecule has 0 aromatic heterocycles. The second-order valence-corrected chi connectivity index (χ2v) is 6.10. The van der Waals surface area contributed by atoms with Gasteiger partial charge in [0.1, 0.15) is 0 Å². The van der Waals surface area contributed by atoms with E-state index < -0.39 is 68.3 Å². The molecule has 0 saturated heterocycles. The van der Waals surface area contributed by atoms with Crippen LogP contribution in [0.1, 0.15) is 27.0 Å². The van der Waals surface area contributed by atoms with E-state index in [2.05, 4.69) is 0 Å². The summed E-state index contributed by atoms with van der Waals surface area (Å²) in [5.41, 5.74) is -5.63. The van der Waals surface area contributed by atoms with Crippen LogP contribution < -0.4 is 0 Å². The SMILES string of the molecule is O=C(O)c1cc2cc(C(F)(F)F)cc(C(F)(F)F)c2c2cc(C(F)(F)F)ccc12. The van der Waals surface area contributed by atoms with E-state index in [1.165, 1.54) is 0 Å². The van der Waals surface area contributed by atoms with E-state index in [9.17, 15) is 49.4 Å². The van der Waals surface area contributed by atoms with Gasteiger partial charge >= 0.3 is 24.5 Å². The second-order valence-electron chi connectivity index (χ2n) is 6.10. The van der Waals surface area contributed by atoms with Crippen molar-refractivity contribution < 1.29 is 49.4 Å². The zero-order chi connectivity index (χ0) is 21.9. The van der Waals surface area contributed by atoms with Gasteiger partial charge in [-0.1, -0.05) is 6.07 Å². The number of benzene rings is 3. The molecule has 0 aliphatic rings. The smallest absolute Gasteiger partial charge is 0.417 e. The number of carboxylic acid groups (broad SMARTS) is 1. The predicted molar refractivity (Wildman–Crippen MR) is 83.4 cm³/mol. The van der Waals surface area contributed by atoms with E-state index in [4.69, 9.17) is 0 Å². The maximum absolute atomic E-state index is 13.5. The molecule has 0 fully saturated rings. The fourth-order valence-corrected chi connectivity index (χ4v) is 3.04. The molecule has 0 aliphatic heterocycles. The first-order valence-electron chi connectivity index (χ1n) is 7.60. The maximum atomic E-state index is 13.5. The van der Waals surface area contributed by atoms with Crippen molar-refractivity contribution in [3.63, 3.8) is 0 Å². The molecule has 0 unspecified atom stereocenters. The van der Waals surface area contributed by atoms with Crippen LogP contribution in [0.4, 0.5) is 39.5 Å². The zero-order valence-corrected chi connectivity index (χ0v) is 13.7. The molecule has 0 bridgehead atoms. The minimum atomic E-state index is -5.34. The van der Waals surface area contributed by atoms with Gasteiger partial charge in [0.2, 0.25) is 0 Å². The number of carbonyl (C=O) groups is 1. The number of hydrogen-bond donors (Lipinski definition) is 1. The highest BCUT2D eigenvalue weighted by atomic mass is 19.4. The Morgan fingerprint density at radius 1 is 0.690 bits per heavy atom. The van der Waals surface area contributed by atoms with Crippen LogP contribution >= 0.6 is 0 Å².